The van der Waals surface area contributed by atoms with Crippen molar-refractivity contribution in [1.29, 1.82) is 0 Å². The molecule has 0 fully saturated rings. The number of nitrogens with one attached hydrogen (secondary N) is 1. The highest BCUT2D eigenvalue weighted by atomic mass is 16.5. The number of carbonyl (C=O) groups is 1. The maximum Gasteiger partial charge on any atom is 0.251 e. The first kappa shape index (κ1) is 20.5. The van der Waals surface area contributed by atoms with Gasteiger partial charge in [-0.05, 0) is 42.3 Å². The van der Waals surface area contributed by atoms with Crippen molar-refractivity contribution in [1.82, 2.24) is 5.32 Å². The fraction of sp³-hybridized carbons (Fsp3) is 0.650. The molecule has 0 aliphatic heterocycles. The number of nitrogens with two attached hydrogens (primary N) is 1. The lowest BCUT2D eigenvalue weighted by Gasteiger charge is -2.31. The smallest absolute Gasteiger partial charge is 0.251 e. The molecule has 0 aliphatic carbocycles. The SMILES string of the molecule is COc1c(C(C)(C)C)cc(C(=O)NCCCN)c(C)c1C(C)(C)C. The van der Waals surface area contributed by atoms with Crippen LogP contribution in [-0.2, 0) is 10.8 Å². The molecule has 24 heavy (non-hydrogen) atoms. The minimum absolute atomic E-state index is 0.0420. The molecule has 1 aromatic carbocycles. The van der Waals surface area contributed by atoms with Gasteiger partial charge >= 0.3 is 0 Å². The van der Waals surface area contributed by atoms with E-state index in [0.29, 0.717) is 13.1 Å². The second-order valence-corrected chi connectivity index (χ2v) is 8.40. The zero-order valence-corrected chi connectivity index (χ0v) is 16.6. The van der Waals surface area contributed by atoms with Gasteiger partial charge in [-0.25, -0.2) is 0 Å². The lowest BCUT2D eigenvalue weighted by molar-refractivity contribution is 0.0952. The van der Waals surface area contributed by atoms with Gasteiger partial charge in [-0.1, -0.05) is 41.5 Å². The van der Waals surface area contributed by atoms with Gasteiger partial charge in [0, 0.05) is 23.2 Å². The van der Waals surface area contributed by atoms with Crippen LogP contribution in [0.2, 0.25) is 0 Å². The molecule has 0 atom stereocenters. The minimum atomic E-state index is -0.122. The van der Waals surface area contributed by atoms with Crippen LogP contribution in [-0.4, -0.2) is 26.1 Å². The third-order valence-electron chi connectivity index (χ3n) is 4.21. The number of benzene rings is 1. The van der Waals surface area contributed by atoms with Gasteiger partial charge in [0.2, 0.25) is 0 Å². The average molecular weight is 335 g/mol. The van der Waals surface area contributed by atoms with Crippen molar-refractivity contribution in [2.24, 2.45) is 5.73 Å². The second kappa shape index (κ2) is 7.56. The Hall–Kier alpha value is -1.55. The van der Waals surface area contributed by atoms with Gasteiger partial charge in [-0.3, -0.25) is 4.79 Å². The highest BCUT2D eigenvalue weighted by Crippen LogP contribution is 2.42. The van der Waals surface area contributed by atoms with Gasteiger partial charge in [0.1, 0.15) is 5.75 Å². The number of hydrogen-bond donors (Lipinski definition) is 2. The zero-order chi connectivity index (χ0) is 18.7. The molecule has 0 aliphatic rings. The third-order valence-corrected chi connectivity index (χ3v) is 4.21. The normalized spacial score (nSPS) is 12.2. The number of carbonyl (C=O) groups excluding carboxylic acids is 1. The number of hydrogen-bond acceptors (Lipinski definition) is 3. The minimum Gasteiger partial charge on any atom is -0.496 e. The molecular weight excluding hydrogens is 300 g/mol. The van der Waals surface area contributed by atoms with Crippen molar-refractivity contribution in [3.05, 3.63) is 28.3 Å². The number of ether oxygens (including phenoxy) is 1. The van der Waals surface area contributed by atoms with Crippen molar-refractivity contribution >= 4 is 5.91 Å². The van der Waals surface area contributed by atoms with E-state index >= 15 is 0 Å². The molecule has 0 spiro atoms. The summed E-state index contributed by atoms with van der Waals surface area (Å²) in [6, 6.07) is 1.99. The van der Waals surface area contributed by atoms with Gasteiger partial charge in [0.15, 0.2) is 0 Å². The van der Waals surface area contributed by atoms with Gasteiger partial charge in [0.25, 0.3) is 5.91 Å². The Balaban J connectivity index is 3.59. The Kier molecular flexibility index (Phi) is 6.45. The first-order chi connectivity index (χ1) is 10.9. The van der Waals surface area contributed by atoms with Crippen LogP contribution in [0.4, 0.5) is 0 Å². The maximum absolute atomic E-state index is 12.7. The number of amides is 1. The van der Waals surface area contributed by atoms with E-state index in [1.165, 1.54) is 0 Å². The van der Waals surface area contributed by atoms with E-state index in [1.54, 1.807) is 7.11 Å². The molecule has 0 heterocycles. The van der Waals surface area contributed by atoms with Gasteiger partial charge in [0.05, 0.1) is 7.11 Å². The van der Waals surface area contributed by atoms with E-state index in [0.717, 1.165) is 34.4 Å². The van der Waals surface area contributed by atoms with Gasteiger partial charge in [-0.2, -0.15) is 0 Å². The summed E-state index contributed by atoms with van der Waals surface area (Å²) in [5.41, 5.74) is 9.14. The molecule has 0 saturated heterocycles. The van der Waals surface area contributed by atoms with Crippen molar-refractivity contribution in [3.63, 3.8) is 0 Å². The lowest BCUT2D eigenvalue weighted by Crippen LogP contribution is -2.29. The summed E-state index contributed by atoms with van der Waals surface area (Å²) < 4.78 is 5.80. The van der Waals surface area contributed by atoms with E-state index in [4.69, 9.17) is 10.5 Å². The van der Waals surface area contributed by atoms with E-state index < -0.39 is 0 Å². The predicted octanol–water partition coefficient (Wildman–Crippen LogP) is 3.68. The quantitative estimate of drug-likeness (QED) is 0.807. The van der Waals surface area contributed by atoms with E-state index in [2.05, 4.69) is 46.9 Å². The summed E-state index contributed by atoms with van der Waals surface area (Å²) in [5.74, 6) is 0.852. The molecule has 4 nitrogen and oxygen atoms in total. The molecule has 136 valence electrons. The number of rotatable bonds is 5. The first-order valence-corrected chi connectivity index (χ1v) is 8.66. The van der Waals surface area contributed by atoms with Crippen LogP contribution in [0.3, 0.4) is 0 Å². The Bertz CT molecular complexity index is 593. The molecule has 0 bridgehead atoms. The van der Waals surface area contributed by atoms with E-state index in [1.807, 2.05) is 13.0 Å². The topological polar surface area (TPSA) is 64.3 Å². The summed E-state index contributed by atoms with van der Waals surface area (Å²) in [4.78, 5) is 12.7. The lowest BCUT2D eigenvalue weighted by atomic mass is 9.76. The molecule has 0 radical (unpaired) electrons. The van der Waals surface area contributed by atoms with Crippen LogP contribution in [0.15, 0.2) is 6.07 Å². The average Bonchev–Trinajstić information content (AvgIpc) is 2.43. The number of methoxy groups -OCH3 is 1. The molecule has 0 saturated carbocycles. The second-order valence-electron chi connectivity index (χ2n) is 8.40. The van der Waals surface area contributed by atoms with Crippen molar-refractivity contribution in [3.8, 4) is 5.75 Å². The van der Waals surface area contributed by atoms with Crippen LogP contribution < -0.4 is 15.8 Å². The highest BCUT2D eigenvalue weighted by molar-refractivity contribution is 5.96. The summed E-state index contributed by atoms with van der Waals surface area (Å²) >= 11 is 0. The highest BCUT2D eigenvalue weighted by Gasteiger charge is 2.31. The fourth-order valence-electron chi connectivity index (χ4n) is 3.07. The third kappa shape index (κ3) is 4.50. The Morgan fingerprint density at radius 2 is 1.75 bits per heavy atom. The molecule has 0 unspecified atom stereocenters. The molecule has 4 heteroatoms. The van der Waals surface area contributed by atoms with Gasteiger partial charge < -0.3 is 15.8 Å². The summed E-state index contributed by atoms with van der Waals surface area (Å²) in [6.07, 6.45) is 0.777. The monoisotopic (exact) mass is 334 g/mol. The van der Waals surface area contributed by atoms with E-state index in [-0.39, 0.29) is 16.7 Å². The molecule has 1 amide bonds. The fourth-order valence-corrected chi connectivity index (χ4v) is 3.07. The zero-order valence-electron chi connectivity index (χ0n) is 16.6. The molecule has 0 aromatic heterocycles. The van der Waals surface area contributed by atoms with Crippen LogP contribution >= 0.6 is 0 Å². The summed E-state index contributed by atoms with van der Waals surface area (Å²) in [5, 5.41) is 2.98. The van der Waals surface area contributed by atoms with Crippen LogP contribution in [0.5, 0.6) is 5.75 Å². The Morgan fingerprint density at radius 3 is 2.17 bits per heavy atom. The summed E-state index contributed by atoms with van der Waals surface area (Å²) in [6.45, 7) is 16.1. The molecule has 1 rings (SSSR count). The molecule has 1 aromatic rings. The molecule has 3 N–H and O–H groups in total. The maximum atomic E-state index is 12.7. The molecular formula is C20H34N2O2. The van der Waals surface area contributed by atoms with E-state index in [9.17, 15) is 4.79 Å². The standard InChI is InChI=1S/C20H34N2O2/c1-13-14(18(23)22-11-9-10-21)12-15(19(2,3)4)17(24-8)16(13)20(5,6)7/h12H,9-11,21H2,1-8H3,(H,22,23). The van der Waals surface area contributed by atoms with Crippen LogP contribution in [0.25, 0.3) is 0 Å². The van der Waals surface area contributed by atoms with Crippen molar-refractivity contribution in [2.45, 2.75) is 65.7 Å². The predicted molar refractivity (Wildman–Crippen MR) is 101 cm³/mol. The Morgan fingerprint density at radius 1 is 1.17 bits per heavy atom. The van der Waals surface area contributed by atoms with Crippen molar-refractivity contribution in [2.75, 3.05) is 20.2 Å². The van der Waals surface area contributed by atoms with Crippen molar-refractivity contribution < 1.29 is 9.53 Å². The Labute approximate surface area is 147 Å². The van der Waals surface area contributed by atoms with Gasteiger partial charge in [-0.15, -0.1) is 0 Å². The summed E-state index contributed by atoms with van der Waals surface area (Å²) in [7, 11) is 1.71. The largest absolute Gasteiger partial charge is 0.496 e. The first-order valence-electron chi connectivity index (χ1n) is 8.66. The van der Waals surface area contributed by atoms with Crippen LogP contribution in [0.1, 0.15) is 75.0 Å². The van der Waals surface area contributed by atoms with Crippen LogP contribution in [0, 0.1) is 6.92 Å².